The topological polar surface area (TPSA) is 54.6 Å². The fourth-order valence-electron chi connectivity index (χ4n) is 4.38. The van der Waals surface area contributed by atoms with Gasteiger partial charge in [0.1, 0.15) is 17.7 Å². The molecule has 0 saturated heterocycles. The van der Waals surface area contributed by atoms with E-state index in [0.717, 1.165) is 45.4 Å². The molecule has 0 amide bonds. The number of halogens is 1. The molecule has 0 radical (unpaired) electrons. The van der Waals surface area contributed by atoms with Gasteiger partial charge in [-0.15, -0.1) is 11.3 Å². The zero-order valence-corrected chi connectivity index (χ0v) is 21.2. The largest absolute Gasteiger partial charge is 0.493 e. The third-order valence-corrected chi connectivity index (χ3v) is 8.02. The summed E-state index contributed by atoms with van der Waals surface area (Å²) in [5.41, 5.74) is 3.91. The molecule has 1 aliphatic carbocycles. The summed E-state index contributed by atoms with van der Waals surface area (Å²) in [6.07, 6.45) is 6.14. The lowest BCUT2D eigenvalue weighted by molar-refractivity contribution is 0.285. The monoisotopic (exact) mass is 530 g/mol. The van der Waals surface area contributed by atoms with Gasteiger partial charge in [0.15, 0.2) is 11.5 Å². The third-order valence-electron chi connectivity index (χ3n) is 6.13. The van der Waals surface area contributed by atoms with Crippen LogP contribution in [-0.2, 0) is 19.4 Å². The number of methoxy groups -OCH3 is 1. The van der Waals surface area contributed by atoms with Gasteiger partial charge in [0.2, 0.25) is 0 Å². The van der Waals surface area contributed by atoms with Crippen LogP contribution >= 0.6 is 27.3 Å². The number of rotatable bonds is 6. The number of nitriles is 1. The lowest BCUT2D eigenvalue weighted by Gasteiger charge is -2.14. The molecule has 5 rings (SSSR count). The van der Waals surface area contributed by atoms with Gasteiger partial charge in [-0.1, -0.05) is 42.5 Å². The SMILES string of the molecule is COc1cc(C=Nc2sc3c(c2C#N)CCCC3)c(Br)cc1OCc1cccc2ccccc12. The highest BCUT2D eigenvalue weighted by molar-refractivity contribution is 9.10. The van der Waals surface area contributed by atoms with Crippen molar-refractivity contribution in [3.63, 3.8) is 0 Å². The maximum Gasteiger partial charge on any atom is 0.162 e. The van der Waals surface area contributed by atoms with Gasteiger partial charge in [-0.3, -0.25) is 0 Å². The molecular weight excluding hydrogens is 508 g/mol. The van der Waals surface area contributed by atoms with Crippen molar-refractivity contribution in [2.24, 2.45) is 4.99 Å². The van der Waals surface area contributed by atoms with E-state index in [1.165, 1.54) is 27.6 Å². The van der Waals surface area contributed by atoms with Crippen LogP contribution in [0.3, 0.4) is 0 Å². The minimum absolute atomic E-state index is 0.434. The number of aryl methyl sites for hydroxylation is 1. The minimum atomic E-state index is 0.434. The van der Waals surface area contributed by atoms with Crippen LogP contribution in [0, 0.1) is 11.3 Å². The van der Waals surface area contributed by atoms with E-state index in [0.29, 0.717) is 18.1 Å². The third kappa shape index (κ3) is 4.46. The van der Waals surface area contributed by atoms with E-state index in [1.807, 2.05) is 30.3 Å². The minimum Gasteiger partial charge on any atom is -0.493 e. The molecule has 6 heteroatoms. The standard InChI is InChI=1S/C28H23BrN2O2S/c1-32-25-13-20(16-31-28-23(15-30)22-11-4-5-12-27(22)34-28)24(29)14-26(25)33-17-19-9-6-8-18-7-2-3-10-21(18)19/h2-3,6-10,13-14,16H,4-5,11-12,17H2,1H3. The molecule has 0 saturated carbocycles. The van der Waals surface area contributed by atoms with Crippen molar-refractivity contribution >= 4 is 49.3 Å². The zero-order valence-electron chi connectivity index (χ0n) is 18.8. The van der Waals surface area contributed by atoms with Crippen LogP contribution in [0.4, 0.5) is 5.00 Å². The van der Waals surface area contributed by atoms with Gasteiger partial charge in [0.25, 0.3) is 0 Å². The number of nitrogens with zero attached hydrogens (tertiary/aromatic N) is 2. The van der Waals surface area contributed by atoms with E-state index in [9.17, 15) is 5.26 Å². The van der Waals surface area contributed by atoms with Crippen LogP contribution in [0.2, 0.25) is 0 Å². The van der Waals surface area contributed by atoms with Gasteiger partial charge in [0.05, 0.1) is 12.7 Å². The number of hydrogen-bond donors (Lipinski definition) is 0. The average molecular weight is 531 g/mol. The Hall–Kier alpha value is -3.14. The zero-order chi connectivity index (χ0) is 23.5. The van der Waals surface area contributed by atoms with Crippen molar-refractivity contribution in [1.29, 1.82) is 5.26 Å². The van der Waals surface area contributed by atoms with Gasteiger partial charge in [0, 0.05) is 21.1 Å². The van der Waals surface area contributed by atoms with E-state index < -0.39 is 0 Å². The fraction of sp³-hybridized carbons (Fsp3) is 0.214. The molecule has 1 aromatic heterocycles. The van der Waals surface area contributed by atoms with Gasteiger partial charge >= 0.3 is 0 Å². The van der Waals surface area contributed by atoms with Gasteiger partial charge in [-0.25, -0.2) is 4.99 Å². The summed E-state index contributed by atoms with van der Waals surface area (Å²) in [6, 6.07) is 20.7. The second-order valence-corrected chi connectivity index (χ2v) is 10.2. The van der Waals surface area contributed by atoms with Crippen LogP contribution in [-0.4, -0.2) is 13.3 Å². The van der Waals surface area contributed by atoms with Crippen molar-refractivity contribution in [3.05, 3.63) is 86.2 Å². The van der Waals surface area contributed by atoms with Crippen molar-refractivity contribution in [1.82, 2.24) is 0 Å². The highest BCUT2D eigenvalue weighted by atomic mass is 79.9. The molecule has 4 nitrogen and oxygen atoms in total. The number of aliphatic imine (C=N–C) groups is 1. The summed E-state index contributed by atoms with van der Waals surface area (Å²) >= 11 is 5.29. The molecule has 34 heavy (non-hydrogen) atoms. The number of ether oxygens (including phenoxy) is 2. The Bertz CT molecular complexity index is 1430. The number of benzene rings is 3. The number of hydrogen-bond acceptors (Lipinski definition) is 5. The van der Waals surface area contributed by atoms with Crippen molar-refractivity contribution in [3.8, 4) is 17.6 Å². The van der Waals surface area contributed by atoms with Gasteiger partial charge < -0.3 is 9.47 Å². The van der Waals surface area contributed by atoms with Crippen molar-refractivity contribution < 1.29 is 9.47 Å². The predicted molar refractivity (Wildman–Crippen MR) is 142 cm³/mol. The number of thiophene rings is 1. The van der Waals surface area contributed by atoms with E-state index in [2.05, 4.69) is 46.3 Å². The smallest absolute Gasteiger partial charge is 0.162 e. The molecule has 0 N–H and O–H groups in total. The van der Waals surface area contributed by atoms with Gasteiger partial charge in [-0.05, 0) is 75.6 Å². The molecule has 170 valence electrons. The highest BCUT2D eigenvalue weighted by Crippen LogP contribution is 2.40. The first-order chi connectivity index (χ1) is 16.7. The van der Waals surface area contributed by atoms with E-state index in [-0.39, 0.29) is 0 Å². The molecule has 1 heterocycles. The Balaban J connectivity index is 1.40. The first kappa shape index (κ1) is 22.6. The van der Waals surface area contributed by atoms with Crippen LogP contribution < -0.4 is 9.47 Å². The second-order valence-electron chi connectivity index (χ2n) is 8.21. The Labute approximate surface area is 211 Å². The average Bonchev–Trinajstić information content (AvgIpc) is 3.24. The van der Waals surface area contributed by atoms with E-state index in [4.69, 9.17) is 14.5 Å². The molecule has 0 bridgehead atoms. The quantitative estimate of drug-likeness (QED) is 0.239. The second kappa shape index (κ2) is 10.0. The highest BCUT2D eigenvalue weighted by Gasteiger charge is 2.20. The van der Waals surface area contributed by atoms with Gasteiger partial charge in [-0.2, -0.15) is 5.26 Å². The summed E-state index contributed by atoms with van der Waals surface area (Å²) in [6.45, 7) is 0.434. The van der Waals surface area contributed by atoms with Crippen LogP contribution in [0.15, 0.2) is 64.1 Å². The van der Waals surface area contributed by atoms with Crippen molar-refractivity contribution in [2.75, 3.05) is 7.11 Å². The molecule has 3 aromatic carbocycles. The maximum absolute atomic E-state index is 9.69. The Kier molecular flexibility index (Phi) is 6.66. The lowest BCUT2D eigenvalue weighted by Crippen LogP contribution is -2.00. The normalized spacial score (nSPS) is 13.1. The lowest BCUT2D eigenvalue weighted by atomic mass is 9.96. The van der Waals surface area contributed by atoms with Crippen LogP contribution in [0.5, 0.6) is 11.5 Å². The first-order valence-electron chi connectivity index (χ1n) is 11.2. The Morgan fingerprint density at radius 3 is 2.76 bits per heavy atom. The molecule has 0 aliphatic heterocycles. The van der Waals surface area contributed by atoms with E-state index >= 15 is 0 Å². The number of fused-ring (bicyclic) bond motifs is 2. The summed E-state index contributed by atoms with van der Waals surface area (Å²) < 4.78 is 12.6. The molecule has 0 atom stereocenters. The van der Waals surface area contributed by atoms with Crippen LogP contribution in [0.1, 0.15) is 40.0 Å². The molecule has 0 fully saturated rings. The van der Waals surface area contributed by atoms with E-state index in [1.54, 1.807) is 24.7 Å². The maximum atomic E-state index is 9.69. The molecule has 0 spiro atoms. The molecular formula is C28H23BrN2O2S. The van der Waals surface area contributed by atoms with Crippen molar-refractivity contribution in [2.45, 2.75) is 32.3 Å². The van der Waals surface area contributed by atoms with Crippen LogP contribution in [0.25, 0.3) is 10.8 Å². The first-order valence-corrected chi connectivity index (χ1v) is 12.8. The molecule has 1 aliphatic rings. The fourth-order valence-corrected chi connectivity index (χ4v) is 5.99. The molecule has 0 unspecified atom stereocenters. The Morgan fingerprint density at radius 1 is 1.09 bits per heavy atom. The summed E-state index contributed by atoms with van der Waals surface area (Å²) in [5.74, 6) is 1.29. The molecule has 4 aromatic rings. The Morgan fingerprint density at radius 2 is 1.91 bits per heavy atom. The summed E-state index contributed by atoms with van der Waals surface area (Å²) in [5, 5.41) is 12.8. The predicted octanol–water partition coefficient (Wildman–Crippen LogP) is 7.75. The summed E-state index contributed by atoms with van der Waals surface area (Å²) in [4.78, 5) is 6.00. The summed E-state index contributed by atoms with van der Waals surface area (Å²) in [7, 11) is 1.63.